The summed E-state index contributed by atoms with van der Waals surface area (Å²) in [5, 5.41) is 0. The van der Waals surface area contributed by atoms with E-state index in [1.807, 2.05) is 0 Å². The van der Waals surface area contributed by atoms with Crippen LogP contribution in [0.1, 0.15) is 252 Å². The first-order chi connectivity index (χ1) is 37.0. The van der Waals surface area contributed by atoms with Crippen LogP contribution >= 0.6 is 0 Å². The van der Waals surface area contributed by atoms with Crippen LogP contribution in [0.3, 0.4) is 0 Å². The summed E-state index contributed by atoms with van der Waals surface area (Å²) in [5.74, 6) is -0.954. The first kappa shape index (κ1) is 70.3. The molecular formula is C69H110O6. The van der Waals surface area contributed by atoms with E-state index in [0.29, 0.717) is 12.8 Å². The zero-order valence-electron chi connectivity index (χ0n) is 48.3. The van der Waals surface area contributed by atoms with Gasteiger partial charge in [-0.1, -0.05) is 244 Å². The van der Waals surface area contributed by atoms with Crippen LogP contribution in [0.2, 0.25) is 0 Å². The average Bonchev–Trinajstić information content (AvgIpc) is 3.41. The molecule has 75 heavy (non-hydrogen) atoms. The molecule has 0 amide bonds. The van der Waals surface area contributed by atoms with E-state index in [2.05, 4.69) is 167 Å². The Morgan fingerprint density at radius 1 is 0.280 bits per heavy atom. The molecule has 0 radical (unpaired) electrons. The minimum atomic E-state index is -0.804. The summed E-state index contributed by atoms with van der Waals surface area (Å²) in [5.41, 5.74) is 0. The summed E-state index contributed by atoms with van der Waals surface area (Å²) in [6.07, 6.45) is 88.6. The summed E-state index contributed by atoms with van der Waals surface area (Å²) in [4.78, 5) is 38.1. The highest BCUT2D eigenvalue weighted by molar-refractivity contribution is 5.71. The summed E-state index contributed by atoms with van der Waals surface area (Å²) in [6.45, 7) is 6.32. The van der Waals surface area contributed by atoms with Gasteiger partial charge in [0.1, 0.15) is 13.2 Å². The van der Waals surface area contributed by atoms with Gasteiger partial charge >= 0.3 is 17.9 Å². The van der Waals surface area contributed by atoms with Crippen molar-refractivity contribution in [3.05, 3.63) is 146 Å². The molecule has 0 aromatic carbocycles. The minimum Gasteiger partial charge on any atom is -0.462 e. The van der Waals surface area contributed by atoms with Gasteiger partial charge < -0.3 is 14.2 Å². The molecule has 0 heterocycles. The van der Waals surface area contributed by atoms with Gasteiger partial charge in [0, 0.05) is 19.3 Å². The van der Waals surface area contributed by atoms with Crippen LogP contribution in [0.5, 0.6) is 0 Å². The monoisotopic (exact) mass is 1030 g/mol. The molecule has 0 aliphatic heterocycles. The number of carbonyl (C=O) groups excluding carboxylic acids is 3. The SMILES string of the molecule is CC/C=C\C/C=C\C/C=C\C/C=C\C/C=C\C/C=C\C/C=C\C/C=C\CCCCCCCCCCC(=O)OCC(COC(=O)CCCCCCC/C=C\CCCC)OC(=O)CCCCC/C=C\C/C=C\C/C=C\CC. The van der Waals surface area contributed by atoms with Crippen LogP contribution < -0.4 is 0 Å². The summed E-state index contributed by atoms with van der Waals surface area (Å²) in [6, 6.07) is 0. The number of esters is 3. The molecule has 1 atom stereocenters. The minimum absolute atomic E-state index is 0.101. The zero-order valence-corrected chi connectivity index (χ0v) is 48.3. The molecule has 422 valence electrons. The van der Waals surface area contributed by atoms with Crippen molar-refractivity contribution in [2.45, 2.75) is 258 Å². The lowest BCUT2D eigenvalue weighted by Gasteiger charge is -2.18. The number of unbranched alkanes of at least 4 members (excludes halogenated alkanes) is 18. The van der Waals surface area contributed by atoms with Gasteiger partial charge in [-0.15, -0.1) is 0 Å². The number of hydrogen-bond acceptors (Lipinski definition) is 6. The Hall–Kier alpha value is -4.71. The number of allylic oxidation sites excluding steroid dienone is 24. The van der Waals surface area contributed by atoms with E-state index in [1.54, 1.807) is 0 Å². The number of ether oxygens (including phenoxy) is 3. The molecule has 6 nitrogen and oxygen atoms in total. The highest BCUT2D eigenvalue weighted by Gasteiger charge is 2.19. The summed E-state index contributed by atoms with van der Waals surface area (Å²) >= 11 is 0. The predicted octanol–water partition coefficient (Wildman–Crippen LogP) is 20.8. The molecule has 0 aliphatic carbocycles. The zero-order chi connectivity index (χ0) is 54.3. The summed E-state index contributed by atoms with van der Waals surface area (Å²) in [7, 11) is 0. The summed E-state index contributed by atoms with van der Waals surface area (Å²) < 4.78 is 16.8. The molecular weight excluding hydrogens is 925 g/mol. The van der Waals surface area contributed by atoms with Crippen LogP contribution in [0.15, 0.2) is 146 Å². The van der Waals surface area contributed by atoms with Crippen LogP contribution in [-0.4, -0.2) is 37.2 Å². The lowest BCUT2D eigenvalue weighted by atomic mass is 10.1. The van der Waals surface area contributed by atoms with Crippen molar-refractivity contribution < 1.29 is 28.6 Å². The topological polar surface area (TPSA) is 78.9 Å². The highest BCUT2D eigenvalue weighted by Crippen LogP contribution is 2.14. The molecule has 0 aliphatic rings. The van der Waals surface area contributed by atoms with Gasteiger partial charge in [-0.2, -0.15) is 0 Å². The van der Waals surface area contributed by atoms with E-state index in [0.717, 1.165) is 154 Å². The fraction of sp³-hybridized carbons (Fsp3) is 0.609. The van der Waals surface area contributed by atoms with Crippen molar-refractivity contribution in [3.63, 3.8) is 0 Å². The number of rotatable bonds is 53. The average molecular weight is 1040 g/mol. The molecule has 0 rings (SSSR count). The molecule has 0 N–H and O–H groups in total. The van der Waals surface area contributed by atoms with Crippen molar-refractivity contribution in [1.82, 2.24) is 0 Å². The molecule has 0 aromatic heterocycles. The fourth-order valence-corrected chi connectivity index (χ4v) is 7.81. The van der Waals surface area contributed by atoms with Crippen molar-refractivity contribution in [2.24, 2.45) is 0 Å². The molecule has 0 spiro atoms. The van der Waals surface area contributed by atoms with E-state index in [1.165, 1.54) is 57.8 Å². The Balaban J connectivity index is 4.24. The van der Waals surface area contributed by atoms with Gasteiger partial charge in [0.05, 0.1) is 0 Å². The standard InChI is InChI=1S/C69H110O6/c1-4-7-10-13-16-19-22-24-25-26-27-28-29-30-31-32-33-34-35-36-37-38-39-40-41-42-43-45-47-50-53-56-59-62-68(71)74-65-66(64-73-67(70)61-58-55-52-49-46-21-18-15-12-9-6-3)75-69(72)63-60-57-54-51-48-44-23-20-17-14-11-8-5-2/h7-8,10-11,15-20,24-25,27-28,30-31,33-34,36-37,39-40,44,48,66H,4-6,9,12-14,21-23,26,29,32,35,38,41-43,45-47,49-65H2,1-3H3/b10-7-,11-8-,18-15-,19-16-,20-17-,25-24-,28-27-,31-30-,34-33-,37-36-,40-39-,48-44-. The third-order valence-corrected chi connectivity index (χ3v) is 12.3. The van der Waals surface area contributed by atoms with Crippen molar-refractivity contribution >= 4 is 17.9 Å². The molecule has 6 heteroatoms. The van der Waals surface area contributed by atoms with Gasteiger partial charge in [-0.25, -0.2) is 0 Å². The predicted molar refractivity (Wildman–Crippen MR) is 325 cm³/mol. The maximum atomic E-state index is 12.8. The quantitative estimate of drug-likeness (QED) is 0.0261. The van der Waals surface area contributed by atoms with Crippen molar-refractivity contribution in [1.29, 1.82) is 0 Å². The molecule has 0 fully saturated rings. The lowest BCUT2D eigenvalue weighted by Crippen LogP contribution is -2.30. The Morgan fingerprint density at radius 2 is 0.520 bits per heavy atom. The van der Waals surface area contributed by atoms with Crippen LogP contribution in [0.4, 0.5) is 0 Å². The normalized spacial score (nSPS) is 13.2. The van der Waals surface area contributed by atoms with Crippen LogP contribution in [-0.2, 0) is 28.6 Å². The maximum Gasteiger partial charge on any atom is 0.306 e. The Kier molecular flexibility index (Phi) is 58.0. The van der Waals surface area contributed by atoms with E-state index >= 15 is 0 Å². The third kappa shape index (κ3) is 60.0. The van der Waals surface area contributed by atoms with Crippen molar-refractivity contribution in [3.8, 4) is 0 Å². The smallest absolute Gasteiger partial charge is 0.306 e. The van der Waals surface area contributed by atoms with E-state index in [9.17, 15) is 14.4 Å². The second-order valence-corrected chi connectivity index (χ2v) is 19.5. The van der Waals surface area contributed by atoms with Crippen LogP contribution in [0, 0.1) is 0 Å². The Bertz CT molecular complexity index is 1660. The largest absolute Gasteiger partial charge is 0.462 e. The van der Waals surface area contributed by atoms with Crippen molar-refractivity contribution in [2.75, 3.05) is 13.2 Å². The van der Waals surface area contributed by atoms with Gasteiger partial charge in [0.25, 0.3) is 0 Å². The van der Waals surface area contributed by atoms with Gasteiger partial charge in [-0.05, 0) is 135 Å². The molecule has 0 saturated heterocycles. The fourth-order valence-electron chi connectivity index (χ4n) is 7.81. The van der Waals surface area contributed by atoms with Gasteiger partial charge in [0.2, 0.25) is 0 Å². The first-order valence-corrected chi connectivity index (χ1v) is 30.3. The number of hydrogen-bond donors (Lipinski definition) is 0. The van der Waals surface area contributed by atoms with Gasteiger partial charge in [-0.3, -0.25) is 14.4 Å². The third-order valence-electron chi connectivity index (χ3n) is 12.3. The maximum absolute atomic E-state index is 12.8. The van der Waals surface area contributed by atoms with E-state index < -0.39 is 6.10 Å². The van der Waals surface area contributed by atoms with Gasteiger partial charge in [0.15, 0.2) is 6.10 Å². The molecule has 1 unspecified atom stereocenters. The molecule has 0 aromatic rings. The second kappa shape index (κ2) is 61.8. The molecule has 0 saturated carbocycles. The van der Waals surface area contributed by atoms with Crippen LogP contribution in [0.25, 0.3) is 0 Å². The van der Waals surface area contributed by atoms with E-state index in [-0.39, 0.29) is 37.5 Å². The van der Waals surface area contributed by atoms with E-state index in [4.69, 9.17) is 14.2 Å². The first-order valence-electron chi connectivity index (χ1n) is 30.3. The highest BCUT2D eigenvalue weighted by atomic mass is 16.6. The lowest BCUT2D eigenvalue weighted by molar-refractivity contribution is -0.167. The second-order valence-electron chi connectivity index (χ2n) is 19.5. The Labute approximate surface area is 461 Å². The molecule has 0 bridgehead atoms. The number of carbonyl (C=O) groups is 3. The Morgan fingerprint density at radius 3 is 0.840 bits per heavy atom.